The largest absolute Gasteiger partial charge is 0.309 e. The minimum atomic E-state index is -3.18. The van der Waals surface area contributed by atoms with Gasteiger partial charge in [0.25, 0.3) is 0 Å². The Hall–Kier alpha value is -9.74. The fourth-order valence-electron chi connectivity index (χ4n) is 12.9. The van der Waals surface area contributed by atoms with E-state index >= 15 is 0 Å². The van der Waals surface area contributed by atoms with E-state index in [2.05, 4.69) is 311 Å². The monoisotopic (exact) mass is 983 g/mol. The van der Waals surface area contributed by atoms with Crippen LogP contribution in [0.5, 0.6) is 0 Å². The van der Waals surface area contributed by atoms with Crippen molar-refractivity contribution in [2.45, 2.75) is 0 Å². The normalized spacial score (nSPS) is 11.9. The first kappa shape index (κ1) is 43.8. The van der Waals surface area contributed by atoms with E-state index in [0.29, 0.717) is 0 Å². The third-order valence-electron chi connectivity index (χ3n) is 16.0. The van der Waals surface area contributed by atoms with E-state index < -0.39 is 8.07 Å². The molecule has 4 heteroatoms. The third kappa shape index (κ3) is 6.61. The first-order chi connectivity index (χ1) is 37.8. The van der Waals surface area contributed by atoms with Crippen LogP contribution in [-0.4, -0.2) is 21.8 Å². The van der Waals surface area contributed by atoms with Gasteiger partial charge >= 0.3 is 0 Å². The van der Waals surface area contributed by atoms with Crippen molar-refractivity contribution in [2.75, 3.05) is 0 Å². The molecule has 0 unspecified atom stereocenters. The Balaban J connectivity index is 1.02. The summed E-state index contributed by atoms with van der Waals surface area (Å²) in [6, 6.07) is 111. The highest BCUT2D eigenvalue weighted by molar-refractivity contribution is 7.21. The van der Waals surface area contributed by atoms with Crippen molar-refractivity contribution in [1.82, 2.24) is 13.7 Å². The molecule has 0 bridgehead atoms. The minimum Gasteiger partial charge on any atom is -0.309 e. The number of hydrogen-bond acceptors (Lipinski definition) is 0. The van der Waals surface area contributed by atoms with E-state index in [4.69, 9.17) is 0 Å². The Morgan fingerprint density at radius 2 is 0.724 bits per heavy atom. The molecule has 3 aromatic heterocycles. The lowest BCUT2D eigenvalue weighted by Crippen LogP contribution is -2.74. The van der Waals surface area contributed by atoms with Gasteiger partial charge in [-0.1, -0.05) is 237 Å². The molecule has 3 nitrogen and oxygen atoms in total. The summed E-state index contributed by atoms with van der Waals surface area (Å²) in [6.45, 7) is 0. The molecule has 15 aromatic rings. The molecule has 3 heterocycles. The molecule has 0 spiro atoms. The molecule has 0 saturated carbocycles. The number of para-hydroxylation sites is 5. The lowest BCUT2D eigenvalue weighted by Gasteiger charge is -2.35. The SMILES string of the molecule is c1ccc(-c2ccccc2-c2cccc(-n3c4ccccc4c4cccc(-n5c6ccccc6c6c([Si](c7ccccc7)(c7ccccc7)c7ccc8c(c7)c7ccccc7n8-c7ccccc7)cccc65)c43)c2)cc1. The third-order valence-corrected chi connectivity index (χ3v) is 20.8. The average Bonchev–Trinajstić information content (AvgIpc) is 4.15. The Morgan fingerprint density at radius 1 is 0.250 bits per heavy atom. The molecule has 0 aliphatic rings. The van der Waals surface area contributed by atoms with E-state index in [0.717, 1.165) is 17.1 Å². The molecule has 0 N–H and O–H groups in total. The van der Waals surface area contributed by atoms with Crippen LogP contribution in [0.3, 0.4) is 0 Å². The van der Waals surface area contributed by atoms with Crippen LogP contribution in [0.1, 0.15) is 0 Å². The molecular formula is C72H49N3Si. The Kier molecular flexibility index (Phi) is 10.2. The lowest BCUT2D eigenvalue weighted by atomic mass is 9.94. The number of benzene rings is 12. The van der Waals surface area contributed by atoms with Gasteiger partial charge in [-0.2, -0.15) is 0 Å². The predicted octanol–water partition coefficient (Wildman–Crippen LogP) is 15.7. The van der Waals surface area contributed by atoms with Crippen molar-refractivity contribution in [2.24, 2.45) is 0 Å². The second-order valence-corrected chi connectivity index (χ2v) is 23.7. The molecule has 0 amide bonds. The highest BCUT2D eigenvalue weighted by atomic mass is 28.3. The minimum absolute atomic E-state index is 1.11. The zero-order chi connectivity index (χ0) is 50.2. The Bertz CT molecular complexity index is 4640. The van der Waals surface area contributed by atoms with Crippen LogP contribution in [0.2, 0.25) is 0 Å². The molecule has 0 atom stereocenters. The fourth-order valence-corrected chi connectivity index (χ4v) is 17.9. The summed E-state index contributed by atoms with van der Waals surface area (Å²) in [5, 5.41) is 12.8. The van der Waals surface area contributed by atoms with Gasteiger partial charge in [0.1, 0.15) is 0 Å². The van der Waals surface area contributed by atoms with Gasteiger partial charge in [0.05, 0.1) is 38.8 Å². The smallest absolute Gasteiger partial charge is 0.180 e. The molecule has 0 aliphatic heterocycles. The summed E-state index contributed by atoms with van der Waals surface area (Å²) in [5.74, 6) is 0. The lowest BCUT2D eigenvalue weighted by molar-refractivity contribution is 1.13. The zero-order valence-electron chi connectivity index (χ0n) is 41.6. The number of nitrogens with zero attached hydrogens (tertiary/aromatic N) is 3. The first-order valence-corrected chi connectivity index (χ1v) is 28.3. The van der Waals surface area contributed by atoms with Gasteiger partial charge < -0.3 is 13.7 Å². The van der Waals surface area contributed by atoms with Crippen LogP contribution in [0, 0.1) is 0 Å². The maximum atomic E-state index is 2.56. The van der Waals surface area contributed by atoms with Crippen molar-refractivity contribution in [3.05, 3.63) is 297 Å². The Labute approximate surface area is 442 Å². The highest BCUT2D eigenvalue weighted by Crippen LogP contribution is 2.41. The van der Waals surface area contributed by atoms with Crippen molar-refractivity contribution < 1.29 is 0 Å². The van der Waals surface area contributed by atoms with E-state index in [1.807, 2.05) is 0 Å². The molecule has 0 fully saturated rings. The molecule has 0 radical (unpaired) electrons. The average molecular weight is 984 g/mol. The highest BCUT2D eigenvalue weighted by Gasteiger charge is 2.43. The number of hydrogen-bond donors (Lipinski definition) is 0. The predicted molar refractivity (Wildman–Crippen MR) is 324 cm³/mol. The van der Waals surface area contributed by atoms with Gasteiger partial charge in [-0.3, -0.25) is 0 Å². The van der Waals surface area contributed by atoms with Crippen LogP contribution in [-0.2, 0) is 0 Å². The van der Waals surface area contributed by atoms with Gasteiger partial charge in [-0.25, -0.2) is 0 Å². The van der Waals surface area contributed by atoms with Crippen molar-refractivity contribution in [3.8, 4) is 39.3 Å². The van der Waals surface area contributed by atoms with Gasteiger partial charge in [0, 0.05) is 43.7 Å². The number of fused-ring (bicyclic) bond motifs is 9. The van der Waals surface area contributed by atoms with Gasteiger partial charge in [-0.15, -0.1) is 0 Å². The van der Waals surface area contributed by atoms with Gasteiger partial charge in [0.15, 0.2) is 8.07 Å². The van der Waals surface area contributed by atoms with Gasteiger partial charge in [-0.05, 0) is 104 Å². The van der Waals surface area contributed by atoms with Crippen LogP contribution in [0.15, 0.2) is 297 Å². The fraction of sp³-hybridized carbons (Fsp3) is 0. The molecule has 356 valence electrons. The topological polar surface area (TPSA) is 14.8 Å². The van der Waals surface area contributed by atoms with Crippen LogP contribution in [0.4, 0.5) is 0 Å². The molecule has 76 heavy (non-hydrogen) atoms. The second kappa shape index (κ2) is 17.7. The Morgan fingerprint density at radius 3 is 1.42 bits per heavy atom. The van der Waals surface area contributed by atoms with Gasteiger partial charge in [0.2, 0.25) is 0 Å². The molecule has 0 aliphatic carbocycles. The molecule has 12 aromatic carbocycles. The summed E-state index contributed by atoms with van der Waals surface area (Å²) < 4.78 is 7.50. The summed E-state index contributed by atoms with van der Waals surface area (Å²) in [7, 11) is -3.18. The zero-order valence-corrected chi connectivity index (χ0v) is 42.6. The molecule has 15 rings (SSSR count). The van der Waals surface area contributed by atoms with Crippen LogP contribution < -0.4 is 20.7 Å². The molecular weight excluding hydrogens is 935 g/mol. The van der Waals surface area contributed by atoms with Crippen molar-refractivity contribution >= 4 is 94.2 Å². The van der Waals surface area contributed by atoms with Crippen LogP contribution >= 0.6 is 0 Å². The maximum Gasteiger partial charge on any atom is 0.180 e. The quantitative estimate of drug-likeness (QED) is 0.101. The maximum absolute atomic E-state index is 3.18. The van der Waals surface area contributed by atoms with E-state index in [9.17, 15) is 0 Å². The first-order valence-electron chi connectivity index (χ1n) is 26.3. The second-order valence-electron chi connectivity index (χ2n) is 19.9. The number of rotatable bonds is 9. The van der Waals surface area contributed by atoms with Crippen molar-refractivity contribution in [3.63, 3.8) is 0 Å². The molecule has 0 saturated heterocycles. The number of aromatic nitrogens is 3. The summed E-state index contributed by atoms with van der Waals surface area (Å²) in [4.78, 5) is 0. The van der Waals surface area contributed by atoms with E-state index in [1.54, 1.807) is 0 Å². The van der Waals surface area contributed by atoms with Crippen LogP contribution in [0.25, 0.3) is 105 Å². The van der Waals surface area contributed by atoms with E-state index in [1.165, 1.54) is 108 Å². The summed E-state index contributed by atoms with van der Waals surface area (Å²) in [5.41, 5.74) is 15.3. The van der Waals surface area contributed by atoms with E-state index in [-0.39, 0.29) is 0 Å². The summed E-state index contributed by atoms with van der Waals surface area (Å²) >= 11 is 0. The summed E-state index contributed by atoms with van der Waals surface area (Å²) in [6.07, 6.45) is 0. The standard InChI is InChI=1S/C72H49N3Si/c1-5-24-50(25-6-1)57-34-13-14-35-58(57)51-26-21-29-53(48-51)74-65-41-19-15-36-59(65)61-39-22-44-69(72(61)74)75-66-42-20-17-38-62(66)71-68(75)43-23-45-70(71)76(54-30-9-3-10-31-54,55-32-11-4-12-33-55)56-46-47-67-63(49-56)60-37-16-18-40-64(60)73(67)52-27-7-2-8-28-52/h1-49H. The van der Waals surface area contributed by atoms with Crippen molar-refractivity contribution in [1.29, 1.82) is 0 Å².